The molecule has 0 amide bonds. The predicted molar refractivity (Wildman–Crippen MR) is 84.9 cm³/mol. The summed E-state index contributed by atoms with van der Waals surface area (Å²) in [4.78, 5) is 21.7. The lowest BCUT2D eigenvalue weighted by Crippen LogP contribution is -2.34. The highest BCUT2D eigenvalue weighted by Gasteiger charge is 2.22. The number of aryl methyl sites for hydroxylation is 2. The summed E-state index contributed by atoms with van der Waals surface area (Å²) < 4.78 is 5.41. The van der Waals surface area contributed by atoms with E-state index in [1.165, 1.54) is 0 Å². The second-order valence-electron chi connectivity index (χ2n) is 5.77. The van der Waals surface area contributed by atoms with Gasteiger partial charge in [0.15, 0.2) is 0 Å². The predicted octanol–water partition coefficient (Wildman–Crippen LogP) is 2.12. The maximum atomic E-state index is 12.2. The first-order valence-corrected chi connectivity index (χ1v) is 8.18. The van der Waals surface area contributed by atoms with E-state index in [1.807, 2.05) is 13.8 Å². The van der Waals surface area contributed by atoms with Gasteiger partial charge in [-0.3, -0.25) is 4.79 Å². The lowest BCUT2D eigenvalue weighted by molar-refractivity contribution is 0.178. The van der Waals surface area contributed by atoms with Crippen molar-refractivity contribution < 1.29 is 4.74 Å². The molecule has 0 spiro atoms. The third kappa shape index (κ3) is 2.88. The molecule has 0 aromatic carbocycles. The number of rotatable bonds is 4. The van der Waals surface area contributed by atoms with Crippen molar-refractivity contribution in [2.45, 2.75) is 39.8 Å². The van der Waals surface area contributed by atoms with Gasteiger partial charge in [-0.15, -0.1) is 11.3 Å². The Morgan fingerprint density at radius 1 is 1.52 bits per heavy atom. The zero-order valence-electron chi connectivity index (χ0n) is 12.7. The number of hydrogen-bond donors (Lipinski definition) is 2. The van der Waals surface area contributed by atoms with Gasteiger partial charge in [0.2, 0.25) is 0 Å². The van der Waals surface area contributed by atoms with E-state index in [2.05, 4.69) is 22.2 Å². The van der Waals surface area contributed by atoms with Crippen molar-refractivity contribution in [2.24, 2.45) is 5.92 Å². The summed E-state index contributed by atoms with van der Waals surface area (Å²) in [5.41, 5.74) is 1.01. The van der Waals surface area contributed by atoms with Crippen LogP contribution in [-0.4, -0.2) is 29.2 Å². The highest BCUT2D eigenvalue weighted by molar-refractivity contribution is 7.18. The Hall–Kier alpha value is -1.24. The quantitative estimate of drug-likeness (QED) is 0.908. The monoisotopic (exact) mass is 307 g/mol. The minimum Gasteiger partial charge on any atom is -0.381 e. The van der Waals surface area contributed by atoms with E-state index in [4.69, 9.17) is 4.74 Å². The third-order valence-corrected chi connectivity index (χ3v) is 5.45. The molecule has 1 fully saturated rings. The van der Waals surface area contributed by atoms with Gasteiger partial charge in [0.1, 0.15) is 10.7 Å². The Bertz CT molecular complexity index is 701. The number of nitrogens with one attached hydrogen (secondary N) is 2. The SMILES string of the molecule is Cc1sc2nc(CNC(C)C3CCOC3)[nH]c(=O)c2c1C. The Morgan fingerprint density at radius 2 is 2.33 bits per heavy atom. The Labute approximate surface area is 127 Å². The number of fused-ring (bicyclic) bond motifs is 1. The lowest BCUT2D eigenvalue weighted by Gasteiger charge is -2.18. The van der Waals surface area contributed by atoms with Crippen molar-refractivity contribution in [3.63, 3.8) is 0 Å². The largest absolute Gasteiger partial charge is 0.381 e. The van der Waals surface area contributed by atoms with Crippen LogP contribution in [0.4, 0.5) is 0 Å². The van der Waals surface area contributed by atoms with Gasteiger partial charge in [0.25, 0.3) is 5.56 Å². The average molecular weight is 307 g/mol. The molecule has 114 valence electrons. The van der Waals surface area contributed by atoms with Crippen molar-refractivity contribution >= 4 is 21.6 Å². The van der Waals surface area contributed by atoms with E-state index in [0.29, 0.717) is 24.3 Å². The van der Waals surface area contributed by atoms with Gasteiger partial charge in [0.05, 0.1) is 18.5 Å². The molecule has 1 saturated heterocycles. The van der Waals surface area contributed by atoms with Crippen LogP contribution in [0.15, 0.2) is 4.79 Å². The normalized spacial score (nSPS) is 20.2. The van der Waals surface area contributed by atoms with Gasteiger partial charge in [0, 0.05) is 17.5 Å². The van der Waals surface area contributed by atoms with Crippen LogP contribution in [0, 0.1) is 19.8 Å². The summed E-state index contributed by atoms with van der Waals surface area (Å²) in [6.45, 7) is 8.42. The van der Waals surface area contributed by atoms with E-state index in [0.717, 1.165) is 40.3 Å². The maximum absolute atomic E-state index is 12.2. The molecule has 3 heterocycles. The fraction of sp³-hybridized carbons (Fsp3) is 0.600. The number of nitrogens with zero attached hydrogens (tertiary/aromatic N) is 1. The van der Waals surface area contributed by atoms with Crippen LogP contribution in [0.1, 0.15) is 29.6 Å². The summed E-state index contributed by atoms with van der Waals surface area (Å²) in [6, 6.07) is 0.361. The highest BCUT2D eigenvalue weighted by Crippen LogP contribution is 2.25. The van der Waals surface area contributed by atoms with Crippen LogP contribution in [0.25, 0.3) is 10.2 Å². The molecule has 3 rings (SSSR count). The van der Waals surface area contributed by atoms with Crippen molar-refractivity contribution in [1.29, 1.82) is 0 Å². The fourth-order valence-corrected chi connectivity index (χ4v) is 3.80. The standard InChI is InChI=1S/C15H21N3O2S/c1-8-10(3)21-15-13(8)14(19)17-12(18-15)6-16-9(2)11-4-5-20-7-11/h9,11,16H,4-7H2,1-3H3,(H,17,18,19). The summed E-state index contributed by atoms with van der Waals surface area (Å²) >= 11 is 1.59. The van der Waals surface area contributed by atoms with Crippen molar-refractivity contribution in [3.8, 4) is 0 Å². The highest BCUT2D eigenvalue weighted by atomic mass is 32.1. The number of ether oxygens (including phenoxy) is 1. The van der Waals surface area contributed by atoms with Crippen LogP contribution in [-0.2, 0) is 11.3 Å². The molecular weight excluding hydrogens is 286 g/mol. The molecule has 2 aromatic rings. The molecule has 6 heteroatoms. The fourth-order valence-electron chi connectivity index (χ4n) is 2.75. The average Bonchev–Trinajstić information content (AvgIpc) is 3.06. The lowest BCUT2D eigenvalue weighted by atomic mass is 10.0. The minimum absolute atomic E-state index is 0.0319. The molecule has 2 unspecified atom stereocenters. The summed E-state index contributed by atoms with van der Waals surface area (Å²) in [6.07, 6.45) is 1.10. The molecular formula is C15H21N3O2S. The summed E-state index contributed by atoms with van der Waals surface area (Å²) in [5.74, 6) is 1.26. The molecule has 1 aliphatic heterocycles. The summed E-state index contributed by atoms with van der Waals surface area (Å²) in [7, 11) is 0. The first-order valence-electron chi connectivity index (χ1n) is 7.36. The van der Waals surface area contributed by atoms with Gasteiger partial charge in [-0.05, 0) is 38.7 Å². The Kier molecular flexibility index (Phi) is 4.10. The molecule has 0 saturated carbocycles. The third-order valence-electron chi connectivity index (χ3n) is 4.35. The Balaban J connectivity index is 1.77. The molecule has 5 nitrogen and oxygen atoms in total. The molecule has 1 aliphatic rings. The molecule has 0 bridgehead atoms. The van der Waals surface area contributed by atoms with Crippen molar-refractivity contribution in [1.82, 2.24) is 15.3 Å². The van der Waals surface area contributed by atoms with Crippen LogP contribution < -0.4 is 10.9 Å². The second kappa shape index (κ2) is 5.87. The van der Waals surface area contributed by atoms with Crippen LogP contribution >= 0.6 is 11.3 Å². The van der Waals surface area contributed by atoms with Crippen molar-refractivity contribution in [2.75, 3.05) is 13.2 Å². The van der Waals surface area contributed by atoms with Gasteiger partial charge < -0.3 is 15.0 Å². The van der Waals surface area contributed by atoms with E-state index >= 15 is 0 Å². The van der Waals surface area contributed by atoms with Gasteiger partial charge >= 0.3 is 0 Å². The number of aromatic nitrogens is 2. The minimum atomic E-state index is -0.0319. The topological polar surface area (TPSA) is 67.0 Å². The van der Waals surface area contributed by atoms with Crippen LogP contribution in [0.5, 0.6) is 0 Å². The molecule has 2 aromatic heterocycles. The summed E-state index contributed by atoms with van der Waals surface area (Å²) in [5, 5.41) is 4.18. The molecule has 2 atom stereocenters. The second-order valence-corrected chi connectivity index (χ2v) is 6.97. The molecule has 21 heavy (non-hydrogen) atoms. The zero-order valence-corrected chi connectivity index (χ0v) is 13.5. The van der Waals surface area contributed by atoms with Gasteiger partial charge in [-0.2, -0.15) is 0 Å². The van der Waals surface area contributed by atoms with Gasteiger partial charge in [-0.1, -0.05) is 0 Å². The number of H-pyrrole nitrogens is 1. The smallest absolute Gasteiger partial charge is 0.259 e. The van der Waals surface area contributed by atoms with Crippen LogP contribution in [0.3, 0.4) is 0 Å². The van der Waals surface area contributed by atoms with Crippen LogP contribution in [0.2, 0.25) is 0 Å². The number of aromatic amines is 1. The zero-order chi connectivity index (χ0) is 15.0. The first kappa shape index (κ1) is 14.7. The molecule has 2 N–H and O–H groups in total. The van der Waals surface area contributed by atoms with E-state index in [9.17, 15) is 4.79 Å². The molecule has 0 radical (unpaired) electrons. The number of hydrogen-bond acceptors (Lipinski definition) is 5. The van der Waals surface area contributed by atoms with E-state index < -0.39 is 0 Å². The van der Waals surface area contributed by atoms with Crippen molar-refractivity contribution in [3.05, 3.63) is 26.6 Å². The van der Waals surface area contributed by atoms with E-state index in [-0.39, 0.29) is 5.56 Å². The first-order chi connectivity index (χ1) is 10.1. The maximum Gasteiger partial charge on any atom is 0.259 e. The van der Waals surface area contributed by atoms with E-state index in [1.54, 1.807) is 11.3 Å². The number of thiophene rings is 1. The van der Waals surface area contributed by atoms with Gasteiger partial charge in [-0.25, -0.2) is 4.98 Å². The Morgan fingerprint density at radius 3 is 3.05 bits per heavy atom. The molecule has 0 aliphatic carbocycles.